The van der Waals surface area contributed by atoms with E-state index in [2.05, 4.69) is 20.9 Å². The highest BCUT2D eigenvalue weighted by molar-refractivity contribution is 6.06. The lowest BCUT2D eigenvalue weighted by molar-refractivity contribution is -0.141. The molecule has 0 saturated carbocycles. The second kappa shape index (κ2) is 6.72. The van der Waals surface area contributed by atoms with Crippen LogP contribution in [0.15, 0.2) is 4.99 Å². The largest absolute Gasteiger partial charge is 0.480 e. The fourth-order valence-corrected chi connectivity index (χ4v) is 1.61. The first-order valence-electron chi connectivity index (χ1n) is 6.02. The lowest BCUT2D eigenvalue weighted by Gasteiger charge is -2.12. The first kappa shape index (κ1) is 14.9. The van der Waals surface area contributed by atoms with Crippen molar-refractivity contribution in [1.29, 1.82) is 0 Å². The highest BCUT2D eigenvalue weighted by atomic mass is 16.4. The van der Waals surface area contributed by atoms with Crippen LogP contribution in [-0.2, 0) is 14.4 Å². The van der Waals surface area contributed by atoms with Gasteiger partial charge in [-0.15, -0.1) is 0 Å². The molecule has 8 heteroatoms. The van der Waals surface area contributed by atoms with Crippen molar-refractivity contribution in [2.45, 2.75) is 38.8 Å². The van der Waals surface area contributed by atoms with E-state index in [0.717, 1.165) is 0 Å². The molecule has 0 bridgehead atoms. The molecule has 0 spiro atoms. The summed E-state index contributed by atoms with van der Waals surface area (Å²) >= 11 is 0. The van der Waals surface area contributed by atoms with E-state index in [1.807, 2.05) is 0 Å². The third-order valence-electron chi connectivity index (χ3n) is 2.58. The van der Waals surface area contributed by atoms with Crippen LogP contribution in [-0.4, -0.2) is 47.5 Å². The van der Waals surface area contributed by atoms with E-state index < -0.39 is 12.0 Å². The van der Waals surface area contributed by atoms with Gasteiger partial charge in [-0.3, -0.25) is 19.9 Å². The van der Waals surface area contributed by atoms with E-state index in [1.54, 1.807) is 6.92 Å². The van der Waals surface area contributed by atoms with Gasteiger partial charge in [-0.05, 0) is 19.8 Å². The summed E-state index contributed by atoms with van der Waals surface area (Å²) in [7, 11) is 0. The molecule has 4 N–H and O–H groups in total. The quantitative estimate of drug-likeness (QED) is 0.453. The number of carboxylic acids is 1. The summed E-state index contributed by atoms with van der Waals surface area (Å²) in [5.41, 5.74) is 0. The van der Waals surface area contributed by atoms with Crippen LogP contribution >= 0.6 is 0 Å². The number of carbonyl (C=O) groups excluding carboxylic acids is 2. The maximum Gasteiger partial charge on any atom is 0.326 e. The van der Waals surface area contributed by atoms with Crippen molar-refractivity contribution < 1.29 is 19.5 Å². The third-order valence-corrected chi connectivity index (χ3v) is 2.58. The molecule has 0 aromatic carbocycles. The number of rotatable bonds is 6. The Hall–Kier alpha value is -2.12. The molecule has 2 atom stereocenters. The van der Waals surface area contributed by atoms with Crippen LogP contribution < -0.4 is 16.0 Å². The molecule has 0 radical (unpaired) electrons. The second-order valence-electron chi connectivity index (χ2n) is 4.32. The standard InChI is InChI=1S/C11H18N4O4/c1-6-9(17)15-11(13-6)12-5-3-4-8(10(18)19)14-7(2)16/h6,8H,3-5H2,1-2H3,(H,14,16)(H,18,19)(H2,12,13,15,17)/t6?,8-/m0/s1. The molecule has 1 fully saturated rings. The van der Waals surface area contributed by atoms with Crippen LogP contribution in [0.4, 0.5) is 0 Å². The summed E-state index contributed by atoms with van der Waals surface area (Å²) < 4.78 is 0. The molecule has 1 heterocycles. The lowest BCUT2D eigenvalue weighted by Crippen LogP contribution is -2.39. The van der Waals surface area contributed by atoms with Crippen molar-refractivity contribution in [3.05, 3.63) is 0 Å². The highest BCUT2D eigenvalue weighted by Gasteiger charge is 2.23. The maximum atomic E-state index is 11.2. The van der Waals surface area contributed by atoms with Gasteiger partial charge in [0.1, 0.15) is 12.1 Å². The minimum atomic E-state index is -1.07. The van der Waals surface area contributed by atoms with E-state index in [9.17, 15) is 14.4 Å². The molecule has 0 aromatic rings. The number of guanidine groups is 1. The molecule has 0 aliphatic carbocycles. The molecular weight excluding hydrogens is 252 g/mol. The number of carboxylic acid groups (broad SMARTS) is 1. The minimum Gasteiger partial charge on any atom is -0.480 e. The van der Waals surface area contributed by atoms with E-state index in [1.165, 1.54) is 6.92 Å². The van der Waals surface area contributed by atoms with Gasteiger partial charge < -0.3 is 15.7 Å². The average molecular weight is 270 g/mol. The number of hydrogen-bond donors (Lipinski definition) is 4. The fourth-order valence-electron chi connectivity index (χ4n) is 1.61. The van der Waals surface area contributed by atoms with Gasteiger partial charge in [-0.2, -0.15) is 0 Å². The Balaban J connectivity index is 2.33. The monoisotopic (exact) mass is 270 g/mol. The van der Waals surface area contributed by atoms with Crippen LogP contribution in [0.3, 0.4) is 0 Å². The number of aliphatic imine (C=N–C) groups is 1. The van der Waals surface area contributed by atoms with E-state index in [4.69, 9.17) is 5.11 Å². The van der Waals surface area contributed by atoms with Crippen LogP contribution in [0.1, 0.15) is 26.7 Å². The normalized spacial score (nSPS) is 21.7. The molecule has 1 saturated heterocycles. The lowest BCUT2D eigenvalue weighted by atomic mass is 10.1. The number of nitrogens with one attached hydrogen (secondary N) is 3. The van der Waals surface area contributed by atoms with Crippen molar-refractivity contribution in [1.82, 2.24) is 16.0 Å². The predicted molar refractivity (Wildman–Crippen MR) is 67.5 cm³/mol. The van der Waals surface area contributed by atoms with Crippen molar-refractivity contribution in [2.24, 2.45) is 4.99 Å². The van der Waals surface area contributed by atoms with E-state index in [-0.39, 0.29) is 24.3 Å². The van der Waals surface area contributed by atoms with Crippen molar-refractivity contribution in [3.8, 4) is 0 Å². The van der Waals surface area contributed by atoms with Crippen molar-refractivity contribution in [2.75, 3.05) is 6.54 Å². The maximum absolute atomic E-state index is 11.2. The molecular formula is C11H18N4O4. The second-order valence-corrected chi connectivity index (χ2v) is 4.32. The van der Waals surface area contributed by atoms with E-state index >= 15 is 0 Å². The molecule has 2 amide bonds. The molecule has 19 heavy (non-hydrogen) atoms. The zero-order valence-corrected chi connectivity index (χ0v) is 10.9. The molecule has 1 rings (SSSR count). The summed E-state index contributed by atoms with van der Waals surface area (Å²) in [5.74, 6) is -1.18. The molecule has 1 unspecified atom stereocenters. The van der Waals surface area contributed by atoms with Gasteiger partial charge in [-0.1, -0.05) is 0 Å². The van der Waals surface area contributed by atoms with Gasteiger partial charge in [-0.25, -0.2) is 4.79 Å². The highest BCUT2D eigenvalue weighted by Crippen LogP contribution is 1.99. The predicted octanol–water partition coefficient (Wildman–Crippen LogP) is -1.18. The van der Waals surface area contributed by atoms with Gasteiger partial charge >= 0.3 is 5.97 Å². The van der Waals surface area contributed by atoms with Crippen molar-refractivity contribution in [3.63, 3.8) is 0 Å². The van der Waals surface area contributed by atoms with Gasteiger partial charge in [0, 0.05) is 13.5 Å². The SMILES string of the molecule is CC(=O)N[C@@H](CCCN=C1NC(=O)C(C)N1)C(=O)O. The Morgan fingerprint density at radius 2 is 2.21 bits per heavy atom. The fraction of sp³-hybridized carbons (Fsp3) is 0.636. The Labute approximate surface area is 110 Å². The number of amides is 2. The summed E-state index contributed by atoms with van der Waals surface area (Å²) in [6.45, 7) is 3.36. The van der Waals surface area contributed by atoms with Gasteiger partial charge in [0.05, 0.1) is 0 Å². The third kappa shape index (κ3) is 4.94. The molecule has 8 nitrogen and oxygen atoms in total. The van der Waals surface area contributed by atoms with Crippen LogP contribution in [0.2, 0.25) is 0 Å². The van der Waals surface area contributed by atoms with Crippen molar-refractivity contribution >= 4 is 23.7 Å². The van der Waals surface area contributed by atoms with Gasteiger partial charge in [0.25, 0.3) is 0 Å². The average Bonchev–Trinajstić information content (AvgIpc) is 2.62. The minimum absolute atomic E-state index is 0.139. The van der Waals surface area contributed by atoms with Crippen LogP contribution in [0.5, 0.6) is 0 Å². The number of hydrogen-bond acceptors (Lipinski definition) is 4. The molecule has 1 aliphatic heterocycles. The molecule has 106 valence electrons. The summed E-state index contributed by atoms with van der Waals surface area (Å²) in [6, 6.07) is -1.20. The zero-order valence-electron chi connectivity index (χ0n) is 10.9. The van der Waals surface area contributed by atoms with Crippen LogP contribution in [0, 0.1) is 0 Å². The van der Waals surface area contributed by atoms with Gasteiger partial charge in [0.2, 0.25) is 11.8 Å². The molecule has 0 aromatic heterocycles. The topological polar surface area (TPSA) is 120 Å². The number of nitrogens with zero attached hydrogens (tertiary/aromatic N) is 1. The summed E-state index contributed by atoms with van der Waals surface area (Å²) in [4.78, 5) is 36.9. The number of carbonyl (C=O) groups is 3. The summed E-state index contributed by atoms with van der Waals surface area (Å²) in [5, 5.41) is 16.6. The Morgan fingerprint density at radius 1 is 1.53 bits per heavy atom. The zero-order chi connectivity index (χ0) is 14.4. The summed E-state index contributed by atoms with van der Waals surface area (Å²) in [6.07, 6.45) is 0.780. The first-order chi connectivity index (χ1) is 8.90. The first-order valence-corrected chi connectivity index (χ1v) is 6.02. The van der Waals surface area contributed by atoms with Crippen LogP contribution in [0.25, 0.3) is 0 Å². The number of aliphatic carboxylic acids is 1. The van der Waals surface area contributed by atoms with Gasteiger partial charge in [0.15, 0.2) is 5.96 Å². The Kier molecular flexibility index (Phi) is 5.28. The molecule has 1 aliphatic rings. The smallest absolute Gasteiger partial charge is 0.326 e. The Morgan fingerprint density at radius 3 is 2.68 bits per heavy atom. The Bertz CT molecular complexity index is 407. The van der Waals surface area contributed by atoms with E-state index in [0.29, 0.717) is 18.9 Å².